The molecule has 128 valence electrons. The van der Waals surface area contributed by atoms with E-state index in [-0.39, 0.29) is 0 Å². The molecular formula is C23H21N3. The molecule has 2 aromatic heterocycles. The number of pyridine rings is 1. The van der Waals surface area contributed by atoms with Crippen LogP contribution in [0, 0.1) is 20.8 Å². The SMILES string of the molecule is Cc1cccc(C)c1-c1ccnc(-n2ccnc2C)c1-c1ccccc1. The van der Waals surface area contributed by atoms with Gasteiger partial charge in [0.2, 0.25) is 0 Å². The van der Waals surface area contributed by atoms with Gasteiger partial charge >= 0.3 is 0 Å². The molecular weight excluding hydrogens is 318 g/mol. The van der Waals surface area contributed by atoms with Crippen LogP contribution in [0.25, 0.3) is 28.1 Å². The summed E-state index contributed by atoms with van der Waals surface area (Å²) < 4.78 is 2.06. The molecule has 0 spiro atoms. The van der Waals surface area contributed by atoms with E-state index in [1.807, 2.05) is 31.6 Å². The van der Waals surface area contributed by atoms with Gasteiger partial charge in [0.1, 0.15) is 11.6 Å². The second kappa shape index (κ2) is 6.60. The number of benzene rings is 2. The van der Waals surface area contributed by atoms with Gasteiger partial charge in [0, 0.05) is 24.2 Å². The lowest BCUT2D eigenvalue weighted by atomic mass is 9.90. The Bertz CT molecular complexity index is 1040. The minimum Gasteiger partial charge on any atom is -0.288 e. The molecule has 0 aliphatic rings. The van der Waals surface area contributed by atoms with Crippen molar-refractivity contribution in [3.8, 4) is 28.1 Å². The molecule has 0 saturated carbocycles. The van der Waals surface area contributed by atoms with E-state index < -0.39 is 0 Å². The summed E-state index contributed by atoms with van der Waals surface area (Å²) in [6, 6.07) is 19.0. The largest absolute Gasteiger partial charge is 0.288 e. The summed E-state index contributed by atoms with van der Waals surface area (Å²) in [5.74, 6) is 1.83. The van der Waals surface area contributed by atoms with Crippen molar-refractivity contribution in [2.24, 2.45) is 0 Å². The van der Waals surface area contributed by atoms with E-state index in [0.29, 0.717) is 0 Å². The van der Waals surface area contributed by atoms with Gasteiger partial charge in [-0.2, -0.15) is 0 Å². The summed E-state index contributed by atoms with van der Waals surface area (Å²) in [5.41, 5.74) is 7.29. The van der Waals surface area contributed by atoms with Crippen LogP contribution in [0.1, 0.15) is 17.0 Å². The average Bonchev–Trinajstić information content (AvgIpc) is 3.08. The first-order valence-corrected chi connectivity index (χ1v) is 8.78. The third-order valence-electron chi connectivity index (χ3n) is 4.80. The zero-order valence-electron chi connectivity index (χ0n) is 15.3. The van der Waals surface area contributed by atoms with Crippen molar-refractivity contribution in [1.82, 2.24) is 14.5 Å². The van der Waals surface area contributed by atoms with Crippen LogP contribution in [-0.4, -0.2) is 14.5 Å². The molecule has 4 aromatic rings. The maximum Gasteiger partial charge on any atom is 0.146 e. The number of hydrogen-bond acceptors (Lipinski definition) is 2. The van der Waals surface area contributed by atoms with Crippen molar-refractivity contribution in [2.45, 2.75) is 20.8 Å². The van der Waals surface area contributed by atoms with Crippen molar-refractivity contribution in [3.05, 3.63) is 90.1 Å². The maximum atomic E-state index is 4.73. The molecule has 3 nitrogen and oxygen atoms in total. The zero-order valence-corrected chi connectivity index (χ0v) is 15.3. The molecule has 2 aromatic carbocycles. The van der Waals surface area contributed by atoms with Crippen LogP contribution in [-0.2, 0) is 0 Å². The number of rotatable bonds is 3. The minimum atomic E-state index is 0.909. The van der Waals surface area contributed by atoms with Crippen molar-refractivity contribution in [2.75, 3.05) is 0 Å². The van der Waals surface area contributed by atoms with Crippen molar-refractivity contribution >= 4 is 0 Å². The lowest BCUT2D eigenvalue weighted by molar-refractivity contribution is 0.935. The average molecular weight is 339 g/mol. The molecule has 0 saturated heterocycles. The van der Waals surface area contributed by atoms with Gasteiger partial charge < -0.3 is 0 Å². The lowest BCUT2D eigenvalue weighted by Gasteiger charge is -2.18. The number of imidazole rings is 1. The van der Waals surface area contributed by atoms with Gasteiger partial charge in [-0.25, -0.2) is 9.97 Å². The van der Waals surface area contributed by atoms with Crippen LogP contribution in [0.5, 0.6) is 0 Å². The molecule has 0 radical (unpaired) electrons. The van der Waals surface area contributed by atoms with Crippen LogP contribution >= 0.6 is 0 Å². The standard InChI is InChI=1S/C23H21N3/c1-16-8-7-9-17(2)21(16)20-12-13-25-23(26-15-14-24-18(26)3)22(20)19-10-5-4-6-11-19/h4-15H,1-3H3. The molecule has 3 heteroatoms. The van der Waals surface area contributed by atoms with Crippen LogP contribution in [0.4, 0.5) is 0 Å². The summed E-state index contributed by atoms with van der Waals surface area (Å²) >= 11 is 0. The van der Waals surface area contributed by atoms with Crippen LogP contribution < -0.4 is 0 Å². The van der Waals surface area contributed by atoms with Crippen LogP contribution in [0.15, 0.2) is 73.2 Å². The molecule has 0 aliphatic heterocycles. The summed E-state index contributed by atoms with van der Waals surface area (Å²) in [6.07, 6.45) is 5.68. The third-order valence-corrected chi connectivity index (χ3v) is 4.80. The topological polar surface area (TPSA) is 30.7 Å². The molecule has 0 unspecified atom stereocenters. The second-order valence-corrected chi connectivity index (χ2v) is 6.53. The van der Waals surface area contributed by atoms with E-state index in [2.05, 4.69) is 71.9 Å². The molecule has 0 amide bonds. The highest BCUT2D eigenvalue weighted by atomic mass is 15.1. The van der Waals surface area contributed by atoms with Gasteiger partial charge in [-0.1, -0.05) is 48.5 Å². The number of aryl methyl sites for hydroxylation is 3. The fourth-order valence-electron chi connectivity index (χ4n) is 3.57. The molecule has 0 atom stereocenters. The molecule has 0 aliphatic carbocycles. The van der Waals surface area contributed by atoms with Gasteiger partial charge in [0.25, 0.3) is 0 Å². The highest BCUT2D eigenvalue weighted by Crippen LogP contribution is 2.38. The molecule has 0 bridgehead atoms. The lowest BCUT2D eigenvalue weighted by Crippen LogP contribution is -2.04. The molecule has 4 rings (SSSR count). The van der Waals surface area contributed by atoms with Gasteiger partial charge in [-0.3, -0.25) is 4.57 Å². The maximum absolute atomic E-state index is 4.73. The monoisotopic (exact) mass is 339 g/mol. The Hall–Kier alpha value is -3.20. The Balaban J connectivity index is 2.09. The van der Waals surface area contributed by atoms with Crippen molar-refractivity contribution < 1.29 is 0 Å². The predicted molar refractivity (Wildman–Crippen MR) is 106 cm³/mol. The van der Waals surface area contributed by atoms with Crippen LogP contribution in [0.2, 0.25) is 0 Å². The van der Waals surface area contributed by atoms with Crippen molar-refractivity contribution in [1.29, 1.82) is 0 Å². The van der Waals surface area contributed by atoms with E-state index >= 15 is 0 Å². The fourth-order valence-corrected chi connectivity index (χ4v) is 3.57. The number of aromatic nitrogens is 3. The molecule has 0 fully saturated rings. The van der Waals surface area contributed by atoms with E-state index in [1.54, 1.807) is 0 Å². The minimum absolute atomic E-state index is 0.909. The highest BCUT2D eigenvalue weighted by Gasteiger charge is 2.18. The third kappa shape index (κ3) is 2.72. The Morgan fingerprint density at radius 2 is 1.42 bits per heavy atom. The van der Waals surface area contributed by atoms with Crippen molar-refractivity contribution in [3.63, 3.8) is 0 Å². The van der Waals surface area contributed by atoms with E-state index in [1.165, 1.54) is 22.3 Å². The van der Waals surface area contributed by atoms with E-state index in [4.69, 9.17) is 4.98 Å². The molecule has 26 heavy (non-hydrogen) atoms. The Labute approximate surface area is 154 Å². The van der Waals surface area contributed by atoms with E-state index in [9.17, 15) is 0 Å². The second-order valence-electron chi connectivity index (χ2n) is 6.53. The van der Waals surface area contributed by atoms with Gasteiger partial charge in [-0.15, -0.1) is 0 Å². The molecule has 0 N–H and O–H groups in total. The number of nitrogens with zero attached hydrogens (tertiary/aromatic N) is 3. The first kappa shape index (κ1) is 16.3. The summed E-state index contributed by atoms with van der Waals surface area (Å²) in [6.45, 7) is 6.33. The zero-order chi connectivity index (χ0) is 18.1. The quantitative estimate of drug-likeness (QED) is 0.491. The normalized spacial score (nSPS) is 10.9. The highest BCUT2D eigenvalue weighted by molar-refractivity contribution is 5.89. The Morgan fingerprint density at radius 1 is 0.692 bits per heavy atom. The smallest absolute Gasteiger partial charge is 0.146 e. The first-order valence-electron chi connectivity index (χ1n) is 8.78. The predicted octanol–water partition coefficient (Wildman–Crippen LogP) is 5.53. The van der Waals surface area contributed by atoms with Gasteiger partial charge in [-0.05, 0) is 54.7 Å². The first-order chi connectivity index (χ1) is 12.7. The fraction of sp³-hybridized carbons (Fsp3) is 0.130. The summed E-state index contributed by atoms with van der Waals surface area (Å²) in [5, 5.41) is 0. The van der Waals surface area contributed by atoms with Gasteiger partial charge in [0.05, 0.1) is 0 Å². The Kier molecular flexibility index (Phi) is 4.13. The number of hydrogen-bond donors (Lipinski definition) is 0. The van der Waals surface area contributed by atoms with Gasteiger partial charge in [0.15, 0.2) is 0 Å². The van der Waals surface area contributed by atoms with Crippen LogP contribution in [0.3, 0.4) is 0 Å². The Morgan fingerprint density at radius 3 is 2.08 bits per heavy atom. The summed E-state index contributed by atoms with van der Waals surface area (Å²) in [7, 11) is 0. The molecule has 2 heterocycles. The van der Waals surface area contributed by atoms with E-state index in [0.717, 1.165) is 22.8 Å². The summed E-state index contributed by atoms with van der Waals surface area (Å²) in [4.78, 5) is 9.12.